The summed E-state index contributed by atoms with van der Waals surface area (Å²) in [6.07, 6.45) is 3.89. The first-order valence-electron chi connectivity index (χ1n) is 4.98. The maximum atomic E-state index is 3.80. The van der Waals surface area contributed by atoms with Crippen LogP contribution in [0.3, 0.4) is 0 Å². The lowest BCUT2D eigenvalue weighted by Gasteiger charge is -2.17. The van der Waals surface area contributed by atoms with E-state index in [4.69, 9.17) is 0 Å². The summed E-state index contributed by atoms with van der Waals surface area (Å²) in [7, 11) is 0. The van der Waals surface area contributed by atoms with Crippen molar-refractivity contribution >= 4 is 15.9 Å². The molecule has 0 bridgehead atoms. The van der Waals surface area contributed by atoms with Gasteiger partial charge in [0.15, 0.2) is 0 Å². The van der Waals surface area contributed by atoms with Crippen molar-refractivity contribution < 1.29 is 0 Å². The Morgan fingerprint density at radius 1 is 1.77 bits per heavy atom. The van der Waals surface area contributed by atoms with Gasteiger partial charge in [-0.15, -0.1) is 0 Å². The van der Waals surface area contributed by atoms with Crippen LogP contribution < -0.4 is 10.6 Å². The molecule has 0 aromatic heterocycles. The number of hydrogen-bond acceptors (Lipinski definition) is 2. The van der Waals surface area contributed by atoms with Crippen LogP contribution in [0.4, 0.5) is 0 Å². The molecule has 76 valence electrons. The molecule has 2 nitrogen and oxygen atoms in total. The van der Waals surface area contributed by atoms with Gasteiger partial charge < -0.3 is 10.6 Å². The Balaban J connectivity index is 2.09. The van der Waals surface area contributed by atoms with E-state index in [0.717, 1.165) is 17.1 Å². The number of rotatable bonds is 5. The molecule has 1 aliphatic rings. The van der Waals surface area contributed by atoms with Crippen molar-refractivity contribution in [1.82, 2.24) is 10.6 Å². The molecule has 0 aromatic rings. The molecule has 2 unspecified atom stereocenters. The number of nitrogens with one attached hydrogen (secondary N) is 2. The Bertz CT molecular complexity index is 164. The molecule has 3 heteroatoms. The summed E-state index contributed by atoms with van der Waals surface area (Å²) in [6.45, 7) is 8.10. The van der Waals surface area contributed by atoms with E-state index in [1.807, 2.05) is 0 Å². The van der Waals surface area contributed by atoms with E-state index in [1.54, 1.807) is 0 Å². The van der Waals surface area contributed by atoms with Gasteiger partial charge in [-0.3, -0.25) is 0 Å². The Morgan fingerprint density at radius 2 is 2.54 bits per heavy atom. The summed E-state index contributed by atoms with van der Waals surface area (Å²) in [5, 5.41) is 6.92. The molecule has 2 atom stereocenters. The maximum Gasteiger partial charge on any atom is 0.0268 e. The van der Waals surface area contributed by atoms with Gasteiger partial charge in [-0.25, -0.2) is 0 Å². The molecule has 0 radical (unpaired) electrons. The highest BCUT2D eigenvalue weighted by Gasteiger charge is 2.16. The third-order valence-corrected chi connectivity index (χ3v) is 2.72. The lowest BCUT2D eigenvalue weighted by molar-refractivity contribution is 0.454. The zero-order valence-electron chi connectivity index (χ0n) is 8.28. The fourth-order valence-corrected chi connectivity index (χ4v) is 1.91. The van der Waals surface area contributed by atoms with Gasteiger partial charge in [-0.2, -0.15) is 0 Å². The maximum absolute atomic E-state index is 3.80. The molecule has 0 aliphatic carbocycles. The normalized spacial score (nSPS) is 24.6. The first-order valence-corrected chi connectivity index (χ1v) is 5.78. The van der Waals surface area contributed by atoms with Gasteiger partial charge in [0.25, 0.3) is 0 Å². The van der Waals surface area contributed by atoms with E-state index < -0.39 is 0 Å². The molecule has 13 heavy (non-hydrogen) atoms. The SMILES string of the molecule is C=C(Br)CNC(C)CC1CCCN1. The molecule has 0 aromatic carbocycles. The minimum atomic E-state index is 0.574. The Labute approximate surface area is 89.3 Å². The van der Waals surface area contributed by atoms with Crippen LogP contribution in [0.1, 0.15) is 26.2 Å². The van der Waals surface area contributed by atoms with Crippen LogP contribution in [0, 0.1) is 0 Å². The van der Waals surface area contributed by atoms with Crippen molar-refractivity contribution in [2.75, 3.05) is 13.1 Å². The molecule has 2 N–H and O–H groups in total. The van der Waals surface area contributed by atoms with E-state index in [1.165, 1.54) is 25.8 Å². The average molecular weight is 247 g/mol. The van der Waals surface area contributed by atoms with Crippen LogP contribution in [0.2, 0.25) is 0 Å². The Hall–Kier alpha value is 0.140. The third kappa shape index (κ3) is 4.79. The molecule has 0 saturated carbocycles. The van der Waals surface area contributed by atoms with Crippen molar-refractivity contribution in [1.29, 1.82) is 0 Å². The van der Waals surface area contributed by atoms with E-state index in [0.29, 0.717) is 6.04 Å². The van der Waals surface area contributed by atoms with E-state index in [-0.39, 0.29) is 0 Å². The zero-order valence-corrected chi connectivity index (χ0v) is 9.86. The summed E-state index contributed by atoms with van der Waals surface area (Å²) in [6, 6.07) is 1.30. The van der Waals surface area contributed by atoms with Crippen LogP contribution in [-0.2, 0) is 0 Å². The summed E-state index contributed by atoms with van der Waals surface area (Å²) < 4.78 is 1.03. The molecular weight excluding hydrogens is 228 g/mol. The van der Waals surface area contributed by atoms with Gasteiger partial charge >= 0.3 is 0 Å². The third-order valence-electron chi connectivity index (χ3n) is 2.44. The lowest BCUT2D eigenvalue weighted by atomic mass is 10.1. The highest BCUT2D eigenvalue weighted by Crippen LogP contribution is 2.11. The Morgan fingerprint density at radius 3 is 3.08 bits per heavy atom. The van der Waals surface area contributed by atoms with E-state index in [9.17, 15) is 0 Å². The van der Waals surface area contributed by atoms with Gasteiger partial charge in [0.1, 0.15) is 0 Å². The van der Waals surface area contributed by atoms with Gasteiger partial charge in [0.05, 0.1) is 0 Å². The zero-order chi connectivity index (χ0) is 9.68. The fourth-order valence-electron chi connectivity index (χ4n) is 1.75. The fraction of sp³-hybridized carbons (Fsp3) is 0.800. The summed E-state index contributed by atoms with van der Waals surface area (Å²) in [5.41, 5.74) is 0. The molecule has 1 aliphatic heterocycles. The van der Waals surface area contributed by atoms with Gasteiger partial charge in [0.2, 0.25) is 0 Å². The monoisotopic (exact) mass is 246 g/mol. The number of hydrogen-bond donors (Lipinski definition) is 2. The second-order valence-electron chi connectivity index (χ2n) is 3.83. The molecule has 0 spiro atoms. The van der Waals surface area contributed by atoms with E-state index in [2.05, 4.69) is 40.1 Å². The minimum Gasteiger partial charge on any atom is -0.314 e. The molecule has 1 heterocycles. The molecule has 1 rings (SSSR count). The smallest absolute Gasteiger partial charge is 0.0268 e. The standard InChI is InChI=1S/C10H19BrN2/c1-8(11)7-13-9(2)6-10-4-3-5-12-10/h9-10,12-13H,1,3-7H2,2H3. The first kappa shape index (κ1) is 11.2. The lowest BCUT2D eigenvalue weighted by Crippen LogP contribution is -2.34. The molecular formula is C10H19BrN2. The first-order chi connectivity index (χ1) is 6.18. The average Bonchev–Trinajstić information content (AvgIpc) is 2.53. The highest BCUT2D eigenvalue weighted by atomic mass is 79.9. The largest absolute Gasteiger partial charge is 0.314 e. The van der Waals surface area contributed by atoms with Crippen molar-refractivity contribution in [2.45, 2.75) is 38.3 Å². The minimum absolute atomic E-state index is 0.574. The van der Waals surface area contributed by atoms with Crippen LogP contribution in [0.5, 0.6) is 0 Å². The Kier molecular flexibility index (Phi) is 4.99. The van der Waals surface area contributed by atoms with Gasteiger partial charge in [0, 0.05) is 23.1 Å². The molecule has 0 amide bonds. The predicted molar refractivity (Wildman–Crippen MR) is 61.2 cm³/mol. The predicted octanol–water partition coefficient (Wildman–Crippen LogP) is 2.02. The quantitative estimate of drug-likeness (QED) is 0.776. The second-order valence-corrected chi connectivity index (χ2v) is 4.95. The summed E-state index contributed by atoms with van der Waals surface area (Å²) >= 11 is 3.34. The second kappa shape index (κ2) is 5.78. The van der Waals surface area contributed by atoms with Crippen LogP contribution in [0.15, 0.2) is 11.1 Å². The van der Waals surface area contributed by atoms with E-state index >= 15 is 0 Å². The van der Waals surface area contributed by atoms with Crippen LogP contribution >= 0.6 is 15.9 Å². The highest BCUT2D eigenvalue weighted by molar-refractivity contribution is 9.11. The molecule has 1 fully saturated rings. The van der Waals surface area contributed by atoms with Crippen molar-refractivity contribution in [3.63, 3.8) is 0 Å². The van der Waals surface area contributed by atoms with Crippen molar-refractivity contribution in [3.8, 4) is 0 Å². The summed E-state index contributed by atoms with van der Waals surface area (Å²) in [4.78, 5) is 0. The van der Waals surface area contributed by atoms with Crippen LogP contribution in [-0.4, -0.2) is 25.2 Å². The molecule has 1 saturated heterocycles. The number of halogens is 1. The topological polar surface area (TPSA) is 24.1 Å². The van der Waals surface area contributed by atoms with Crippen molar-refractivity contribution in [3.05, 3.63) is 11.1 Å². The van der Waals surface area contributed by atoms with Gasteiger partial charge in [-0.05, 0) is 32.7 Å². The van der Waals surface area contributed by atoms with Crippen molar-refractivity contribution in [2.24, 2.45) is 0 Å². The van der Waals surface area contributed by atoms with Crippen LogP contribution in [0.25, 0.3) is 0 Å². The van der Waals surface area contributed by atoms with Gasteiger partial charge in [-0.1, -0.05) is 22.5 Å². The summed E-state index contributed by atoms with van der Waals surface area (Å²) in [5.74, 6) is 0.